The lowest BCUT2D eigenvalue weighted by Crippen LogP contribution is -2.16. The first-order valence-electron chi connectivity index (χ1n) is 7.61. The van der Waals surface area contributed by atoms with E-state index in [0.29, 0.717) is 11.8 Å². The Hall–Kier alpha value is -0.690. The zero-order chi connectivity index (χ0) is 13.4. The molecule has 19 heavy (non-hydrogen) atoms. The van der Waals surface area contributed by atoms with E-state index in [9.17, 15) is 0 Å². The Balaban J connectivity index is 1.91. The molecule has 0 aliphatic heterocycles. The molecule has 1 fully saturated rings. The highest BCUT2D eigenvalue weighted by Gasteiger charge is 2.28. The van der Waals surface area contributed by atoms with E-state index in [-0.39, 0.29) is 0 Å². The van der Waals surface area contributed by atoms with Crippen LogP contribution < -0.4 is 4.74 Å². The molecule has 2 aliphatic carbocycles. The van der Waals surface area contributed by atoms with Gasteiger partial charge in [-0.1, -0.05) is 31.5 Å². The van der Waals surface area contributed by atoms with E-state index < -0.39 is 0 Å². The number of hydrogen-bond donors (Lipinski definition) is 0. The van der Waals surface area contributed by atoms with E-state index in [0.717, 1.165) is 29.7 Å². The lowest BCUT2D eigenvalue weighted by molar-refractivity contribution is 0.293. The summed E-state index contributed by atoms with van der Waals surface area (Å²) < 4.78 is 6.06. The molecule has 3 rings (SSSR count). The lowest BCUT2D eigenvalue weighted by atomic mass is 9.77. The molecule has 0 unspecified atom stereocenters. The minimum atomic E-state index is 0.671. The van der Waals surface area contributed by atoms with Crippen molar-refractivity contribution in [3.63, 3.8) is 0 Å². The Labute approximate surface area is 121 Å². The zero-order valence-electron chi connectivity index (χ0n) is 11.9. The summed E-state index contributed by atoms with van der Waals surface area (Å²) in [7, 11) is 0. The third-order valence-electron chi connectivity index (χ3n) is 4.56. The van der Waals surface area contributed by atoms with Gasteiger partial charge in [0.2, 0.25) is 0 Å². The summed E-state index contributed by atoms with van der Waals surface area (Å²) in [5, 5.41) is 0.795. The van der Waals surface area contributed by atoms with Gasteiger partial charge >= 0.3 is 0 Å². The first-order chi connectivity index (χ1) is 9.16. The summed E-state index contributed by atoms with van der Waals surface area (Å²) in [6, 6.07) is 4.26. The molecule has 0 saturated heterocycles. The van der Waals surface area contributed by atoms with Crippen molar-refractivity contribution >= 4 is 11.6 Å². The number of fused-ring (bicyclic) bond motifs is 1. The number of rotatable bonds is 4. The van der Waals surface area contributed by atoms with Crippen molar-refractivity contribution in [1.82, 2.24) is 0 Å². The normalized spacial score (nSPS) is 22.4. The van der Waals surface area contributed by atoms with E-state index in [4.69, 9.17) is 16.3 Å². The van der Waals surface area contributed by atoms with Crippen molar-refractivity contribution in [2.75, 3.05) is 6.61 Å². The van der Waals surface area contributed by atoms with Gasteiger partial charge in [-0.3, -0.25) is 0 Å². The van der Waals surface area contributed by atoms with Gasteiger partial charge in [-0.15, -0.1) is 0 Å². The van der Waals surface area contributed by atoms with Crippen LogP contribution in [0.5, 0.6) is 5.75 Å². The highest BCUT2D eigenvalue weighted by Crippen LogP contribution is 2.43. The molecule has 2 aliphatic rings. The average molecular weight is 279 g/mol. The fraction of sp³-hybridized carbons (Fsp3) is 0.647. The molecule has 104 valence electrons. The summed E-state index contributed by atoms with van der Waals surface area (Å²) >= 11 is 6.37. The summed E-state index contributed by atoms with van der Waals surface area (Å²) in [4.78, 5) is 0. The average Bonchev–Trinajstić information content (AvgIpc) is 3.20. The predicted molar refractivity (Wildman–Crippen MR) is 80.2 cm³/mol. The Morgan fingerprint density at radius 2 is 2.05 bits per heavy atom. The number of halogens is 1. The van der Waals surface area contributed by atoms with Crippen molar-refractivity contribution in [1.29, 1.82) is 0 Å². The number of benzene rings is 1. The number of hydrogen-bond acceptors (Lipinski definition) is 1. The second kappa shape index (κ2) is 5.36. The molecule has 0 heterocycles. The van der Waals surface area contributed by atoms with Crippen LogP contribution in [0.1, 0.15) is 56.6 Å². The Bertz CT molecular complexity index is 463. The van der Waals surface area contributed by atoms with Crippen molar-refractivity contribution in [2.45, 2.75) is 51.9 Å². The molecule has 0 radical (unpaired) electrons. The molecule has 1 aromatic carbocycles. The molecule has 0 aromatic heterocycles. The van der Waals surface area contributed by atoms with Crippen LogP contribution in [0.4, 0.5) is 0 Å². The van der Waals surface area contributed by atoms with Crippen molar-refractivity contribution in [3.05, 3.63) is 28.3 Å². The highest BCUT2D eigenvalue weighted by molar-refractivity contribution is 6.32. The molecule has 0 bridgehead atoms. The Morgan fingerprint density at radius 1 is 1.26 bits per heavy atom. The fourth-order valence-corrected chi connectivity index (χ4v) is 3.44. The lowest BCUT2D eigenvalue weighted by Gasteiger charge is -2.30. The van der Waals surface area contributed by atoms with Crippen LogP contribution in [0.15, 0.2) is 12.1 Å². The maximum absolute atomic E-state index is 6.37. The summed E-state index contributed by atoms with van der Waals surface area (Å²) in [6.07, 6.45) is 6.33. The second-order valence-corrected chi connectivity index (χ2v) is 6.85. The minimum Gasteiger partial charge on any atom is -0.491 e. The monoisotopic (exact) mass is 278 g/mol. The van der Waals surface area contributed by atoms with Crippen LogP contribution in [0, 0.1) is 11.8 Å². The van der Waals surface area contributed by atoms with Crippen LogP contribution in [-0.2, 0) is 6.42 Å². The third-order valence-corrected chi connectivity index (χ3v) is 4.85. The van der Waals surface area contributed by atoms with Crippen LogP contribution in [0.25, 0.3) is 0 Å². The maximum atomic E-state index is 6.37. The van der Waals surface area contributed by atoms with Crippen molar-refractivity contribution in [2.24, 2.45) is 11.8 Å². The smallest absolute Gasteiger partial charge is 0.141 e. The van der Waals surface area contributed by atoms with Gasteiger partial charge in [-0.25, -0.2) is 0 Å². The van der Waals surface area contributed by atoms with Crippen LogP contribution >= 0.6 is 11.6 Å². The molecule has 0 spiro atoms. The van der Waals surface area contributed by atoms with E-state index in [1.54, 1.807) is 0 Å². The molecular weight excluding hydrogens is 256 g/mol. The van der Waals surface area contributed by atoms with E-state index in [1.807, 2.05) is 6.07 Å². The van der Waals surface area contributed by atoms with Crippen LogP contribution in [0.2, 0.25) is 5.02 Å². The van der Waals surface area contributed by atoms with Gasteiger partial charge in [0.25, 0.3) is 0 Å². The van der Waals surface area contributed by atoms with Gasteiger partial charge in [-0.05, 0) is 67.1 Å². The Morgan fingerprint density at radius 3 is 2.74 bits per heavy atom. The number of ether oxygens (including phenoxy) is 1. The van der Waals surface area contributed by atoms with Gasteiger partial charge in [0.15, 0.2) is 0 Å². The first kappa shape index (κ1) is 13.3. The second-order valence-electron chi connectivity index (χ2n) is 6.44. The standard InChI is InChI=1S/C17H23ClO/c1-11(2)13-4-3-5-15-14(13)8-9-16(18)17(15)19-10-12-6-7-12/h8-9,11-13H,3-7,10H2,1-2H3/t13-/m1/s1. The maximum Gasteiger partial charge on any atom is 0.141 e. The molecule has 1 aromatic rings. The molecule has 0 N–H and O–H groups in total. The van der Waals surface area contributed by atoms with Gasteiger partial charge in [-0.2, -0.15) is 0 Å². The predicted octanol–water partition coefficient (Wildman–Crippen LogP) is 5.20. The molecule has 2 heteroatoms. The van der Waals surface area contributed by atoms with Gasteiger partial charge in [0, 0.05) is 0 Å². The van der Waals surface area contributed by atoms with Gasteiger partial charge in [0.05, 0.1) is 11.6 Å². The fourth-order valence-electron chi connectivity index (χ4n) is 3.21. The van der Waals surface area contributed by atoms with Gasteiger partial charge in [0.1, 0.15) is 5.75 Å². The van der Waals surface area contributed by atoms with E-state index in [2.05, 4.69) is 19.9 Å². The summed E-state index contributed by atoms with van der Waals surface area (Å²) in [5.41, 5.74) is 2.87. The van der Waals surface area contributed by atoms with E-state index >= 15 is 0 Å². The van der Waals surface area contributed by atoms with Crippen molar-refractivity contribution < 1.29 is 4.74 Å². The molecular formula is C17H23ClO. The molecule has 0 amide bonds. The van der Waals surface area contributed by atoms with Crippen LogP contribution in [-0.4, -0.2) is 6.61 Å². The van der Waals surface area contributed by atoms with Crippen molar-refractivity contribution in [3.8, 4) is 5.75 Å². The zero-order valence-corrected chi connectivity index (χ0v) is 12.7. The summed E-state index contributed by atoms with van der Waals surface area (Å²) in [5.74, 6) is 3.12. The SMILES string of the molecule is CC(C)[C@H]1CCCc2c1ccc(Cl)c2OCC1CC1. The first-order valence-corrected chi connectivity index (χ1v) is 7.98. The highest BCUT2D eigenvalue weighted by atomic mass is 35.5. The minimum absolute atomic E-state index is 0.671. The summed E-state index contributed by atoms with van der Waals surface area (Å²) in [6.45, 7) is 5.49. The molecule has 1 saturated carbocycles. The topological polar surface area (TPSA) is 9.23 Å². The third kappa shape index (κ3) is 2.76. The molecule has 1 nitrogen and oxygen atoms in total. The van der Waals surface area contributed by atoms with Crippen LogP contribution in [0.3, 0.4) is 0 Å². The quantitative estimate of drug-likeness (QED) is 0.735. The van der Waals surface area contributed by atoms with Gasteiger partial charge < -0.3 is 4.74 Å². The largest absolute Gasteiger partial charge is 0.491 e. The Kier molecular flexibility index (Phi) is 3.75. The van der Waals surface area contributed by atoms with E-state index in [1.165, 1.54) is 36.8 Å². The molecule has 1 atom stereocenters.